The third-order valence-corrected chi connectivity index (χ3v) is 4.80. The number of carbonyl (C=O) groups excluding carboxylic acids is 2. The smallest absolute Gasteiger partial charge is 0.227 e. The maximum atomic E-state index is 12.3. The molecule has 1 N–H and O–H groups in total. The maximum Gasteiger partial charge on any atom is 0.227 e. The lowest BCUT2D eigenvalue weighted by molar-refractivity contribution is -0.117. The minimum absolute atomic E-state index is 0.0211. The van der Waals surface area contributed by atoms with Crippen molar-refractivity contribution in [3.8, 4) is 0 Å². The van der Waals surface area contributed by atoms with Crippen LogP contribution in [0.1, 0.15) is 36.3 Å². The van der Waals surface area contributed by atoms with Crippen molar-refractivity contribution in [2.45, 2.75) is 32.6 Å². The normalized spacial score (nSPS) is 17.6. The van der Waals surface area contributed by atoms with Crippen LogP contribution < -0.4 is 10.2 Å². The van der Waals surface area contributed by atoms with E-state index in [0.717, 1.165) is 16.3 Å². The van der Waals surface area contributed by atoms with Crippen LogP contribution >= 0.6 is 11.3 Å². The number of aromatic nitrogens is 2. The van der Waals surface area contributed by atoms with Gasteiger partial charge in [-0.3, -0.25) is 9.59 Å². The van der Waals surface area contributed by atoms with Crippen molar-refractivity contribution in [3.63, 3.8) is 0 Å². The van der Waals surface area contributed by atoms with Crippen LogP contribution in [0, 0.1) is 6.92 Å². The highest BCUT2D eigenvalue weighted by Crippen LogP contribution is 2.34. The fourth-order valence-corrected chi connectivity index (χ4v) is 3.43. The Kier molecular flexibility index (Phi) is 4.38. The first-order valence-corrected chi connectivity index (χ1v) is 8.38. The second-order valence-corrected chi connectivity index (χ2v) is 6.60. The molecule has 2 heterocycles. The summed E-state index contributed by atoms with van der Waals surface area (Å²) in [6, 6.07) is 7.91. The first-order chi connectivity index (χ1) is 11.1. The molecule has 1 atom stereocenters. The third-order valence-electron chi connectivity index (χ3n) is 3.80. The Morgan fingerprint density at radius 2 is 2.26 bits per heavy atom. The minimum atomic E-state index is -0.0865. The van der Waals surface area contributed by atoms with Gasteiger partial charge in [0.05, 0.1) is 0 Å². The lowest BCUT2D eigenvalue weighted by atomic mass is 10.1. The van der Waals surface area contributed by atoms with E-state index in [9.17, 15) is 9.59 Å². The molecule has 6 nitrogen and oxygen atoms in total. The lowest BCUT2D eigenvalue weighted by Gasteiger charge is -2.16. The molecule has 1 aromatic carbocycles. The van der Waals surface area contributed by atoms with Gasteiger partial charge in [-0.1, -0.05) is 30.4 Å². The molecule has 0 radical (unpaired) electrons. The molecule has 0 aliphatic carbocycles. The van der Waals surface area contributed by atoms with E-state index < -0.39 is 0 Å². The van der Waals surface area contributed by atoms with Crippen LogP contribution in [-0.2, 0) is 9.59 Å². The van der Waals surface area contributed by atoms with E-state index in [0.29, 0.717) is 24.5 Å². The van der Waals surface area contributed by atoms with Crippen molar-refractivity contribution in [1.29, 1.82) is 0 Å². The number of benzene rings is 1. The molecule has 7 heteroatoms. The number of hydrogen-bond acceptors (Lipinski definition) is 5. The number of amides is 2. The Hall–Kier alpha value is -2.28. The van der Waals surface area contributed by atoms with Gasteiger partial charge in [0.25, 0.3) is 0 Å². The first-order valence-electron chi connectivity index (χ1n) is 7.57. The maximum absolute atomic E-state index is 12.3. The van der Waals surface area contributed by atoms with Crippen molar-refractivity contribution in [3.05, 3.63) is 34.8 Å². The summed E-state index contributed by atoms with van der Waals surface area (Å²) < 4.78 is 0. The minimum Gasteiger partial charge on any atom is -0.312 e. The average Bonchev–Trinajstić information content (AvgIpc) is 3.13. The largest absolute Gasteiger partial charge is 0.312 e. The monoisotopic (exact) mass is 330 g/mol. The number of nitrogens with one attached hydrogen (secondary N) is 1. The second kappa shape index (κ2) is 6.45. The van der Waals surface area contributed by atoms with Crippen molar-refractivity contribution >= 4 is 34.0 Å². The van der Waals surface area contributed by atoms with Gasteiger partial charge < -0.3 is 10.2 Å². The Morgan fingerprint density at radius 3 is 3.00 bits per heavy atom. The van der Waals surface area contributed by atoms with Gasteiger partial charge >= 0.3 is 0 Å². The molecule has 120 valence electrons. The van der Waals surface area contributed by atoms with E-state index in [-0.39, 0.29) is 17.7 Å². The van der Waals surface area contributed by atoms with Crippen LogP contribution in [0.4, 0.5) is 10.8 Å². The SMILES string of the molecule is CCC(=O)Nc1nnc(C2CC(=O)N(c3cccc(C)c3)C2)s1. The fraction of sp³-hybridized carbons (Fsp3) is 0.375. The van der Waals surface area contributed by atoms with Gasteiger partial charge in [-0.15, -0.1) is 10.2 Å². The first kappa shape index (κ1) is 15.6. The van der Waals surface area contributed by atoms with E-state index in [1.807, 2.05) is 31.2 Å². The summed E-state index contributed by atoms with van der Waals surface area (Å²) in [4.78, 5) is 25.5. The Labute approximate surface area is 138 Å². The predicted octanol–water partition coefficient (Wildman–Crippen LogP) is 2.72. The van der Waals surface area contributed by atoms with Gasteiger partial charge in [0.2, 0.25) is 16.9 Å². The van der Waals surface area contributed by atoms with E-state index in [2.05, 4.69) is 15.5 Å². The molecule has 2 amide bonds. The number of anilines is 2. The molecule has 0 saturated carbocycles. The lowest BCUT2D eigenvalue weighted by Crippen LogP contribution is -2.24. The van der Waals surface area contributed by atoms with Gasteiger partial charge in [-0.2, -0.15) is 0 Å². The van der Waals surface area contributed by atoms with Gasteiger partial charge in [-0.05, 0) is 24.6 Å². The Bertz CT molecular complexity index is 743. The van der Waals surface area contributed by atoms with Crippen LogP contribution in [0.3, 0.4) is 0 Å². The summed E-state index contributed by atoms with van der Waals surface area (Å²) in [7, 11) is 0. The van der Waals surface area contributed by atoms with E-state index >= 15 is 0 Å². The topological polar surface area (TPSA) is 75.2 Å². The Morgan fingerprint density at radius 1 is 1.43 bits per heavy atom. The molecule has 1 aliphatic heterocycles. The van der Waals surface area contributed by atoms with Crippen molar-refractivity contribution in [2.24, 2.45) is 0 Å². The average molecular weight is 330 g/mol. The molecule has 1 aliphatic rings. The van der Waals surface area contributed by atoms with Crippen LogP contribution in [0.2, 0.25) is 0 Å². The van der Waals surface area contributed by atoms with Gasteiger partial charge in [-0.25, -0.2) is 0 Å². The molecule has 1 saturated heterocycles. The number of aryl methyl sites for hydroxylation is 1. The highest BCUT2D eigenvalue weighted by molar-refractivity contribution is 7.15. The molecule has 1 unspecified atom stereocenters. The van der Waals surface area contributed by atoms with Gasteiger partial charge in [0.1, 0.15) is 5.01 Å². The quantitative estimate of drug-likeness (QED) is 0.935. The molecular weight excluding hydrogens is 312 g/mol. The molecule has 23 heavy (non-hydrogen) atoms. The highest BCUT2D eigenvalue weighted by Gasteiger charge is 2.33. The number of nitrogens with zero attached hydrogens (tertiary/aromatic N) is 3. The van der Waals surface area contributed by atoms with Crippen LogP contribution in [0.15, 0.2) is 24.3 Å². The van der Waals surface area contributed by atoms with Crippen molar-refractivity contribution in [1.82, 2.24) is 10.2 Å². The van der Waals surface area contributed by atoms with E-state index in [4.69, 9.17) is 0 Å². The molecule has 0 spiro atoms. The summed E-state index contributed by atoms with van der Waals surface area (Å²) in [5, 5.41) is 12.1. The van der Waals surface area contributed by atoms with E-state index in [1.54, 1.807) is 11.8 Å². The number of rotatable bonds is 4. The number of carbonyl (C=O) groups is 2. The number of hydrogen-bond donors (Lipinski definition) is 1. The summed E-state index contributed by atoms with van der Waals surface area (Å²) in [6.45, 7) is 4.39. The summed E-state index contributed by atoms with van der Waals surface area (Å²) >= 11 is 1.34. The molecule has 1 fully saturated rings. The van der Waals surface area contributed by atoms with Crippen LogP contribution in [0.5, 0.6) is 0 Å². The third kappa shape index (κ3) is 3.39. The second-order valence-electron chi connectivity index (χ2n) is 5.59. The molecular formula is C16H18N4O2S. The van der Waals surface area contributed by atoms with Crippen molar-refractivity contribution < 1.29 is 9.59 Å². The zero-order chi connectivity index (χ0) is 16.4. The van der Waals surface area contributed by atoms with Crippen molar-refractivity contribution in [2.75, 3.05) is 16.8 Å². The summed E-state index contributed by atoms with van der Waals surface area (Å²) in [6.07, 6.45) is 0.822. The standard InChI is InChI=1S/C16H18N4O2S/c1-3-13(21)17-16-19-18-15(23-16)11-8-14(22)20(9-11)12-6-4-5-10(2)7-12/h4-7,11H,3,8-9H2,1-2H3,(H,17,19,21). The summed E-state index contributed by atoms with van der Waals surface area (Å²) in [5.41, 5.74) is 2.04. The van der Waals surface area contributed by atoms with Gasteiger partial charge in [0, 0.05) is 31.0 Å². The highest BCUT2D eigenvalue weighted by atomic mass is 32.1. The zero-order valence-electron chi connectivity index (χ0n) is 13.1. The summed E-state index contributed by atoms with van der Waals surface area (Å²) in [5.74, 6) is 0.0271. The predicted molar refractivity (Wildman–Crippen MR) is 89.7 cm³/mol. The van der Waals surface area contributed by atoms with Crippen LogP contribution in [-0.4, -0.2) is 28.6 Å². The van der Waals surface area contributed by atoms with Crippen LogP contribution in [0.25, 0.3) is 0 Å². The molecule has 1 aromatic heterocycles. The molecule has 3 rings (SSSR count). The van der Waals surface area contributed by atoms with E-state index in [1.165, 1.54) is 11.3 Å². The fourth-order valence-electron chi connectivity index (χ4n) is 2.58. The molecule has 2 aromatic rings. The van der Waals surface area contributed by atoms with Gasteiger partial charge in [0.15, 0.2) is 0 Å². The zero-order valence-corrected chi connectivity index (χ0v) is 13.9. The molecule has 0 bridgehead atoms. The Balaban J connectivity index is 1.73.